The Morgan fingerprint density at radius 2 is 0.880 bits per heavy atom. The zero-order valence-electron chi connectivity index (χ0n) is 16.2. The van der Waals surface area contributed by atoms with E-state index in [2.05, 4.69) is 0 Å². The molecule has 0 saturated heterocycles. The van der Waals surface area contributed by atoms with Crippen LogP contribution in [0.4, 0.5) is 0 Å². The number of hydrogen-bond acceptors (Lipinski definition) is 7. The zero-order valence-corrected chi connectivity index (χ0v) is 18.0. The highest BCUT2D eigenvalue weighted by molar-refractivity contribution is 7.54. The molecule has 0 fully saturated rings. The second-order valence-corrected chi connectivity index (χ2v) is 9.74. The molecule has 0 aliphatic carbocycles. The van der Waals surface area contributed by atoms with Gasteiger partial charge in [0.25, 0.3) is 0 Å². The lowest BCUT2D eigenvalue weighted by molar-refractivity contribution is 0.127. The van der Waals surface area contributed by atoms with E-state index in [1.54, 1.807) is 0 Å². The maximum absolute atomic E-state index is 12.3. The Morgan fingerprint density at radius 3 is 1.16 bits per heavy atom. The van der Waals surface area contributed by atoms with Gasteiger partial charge in [-0.1, -0.05) is 0 Å². The predicted octanol–water partition coefficient (Wildman–Crippen LogP) is 5.10. The van der Waals surface area contributed by atoms with Gasteiger partial charge in [-0.25, -0.2) is 0 Å². The van der Waals surface area contributed by atoms with Crippen molar-refractivity contribution in [3.8, 4) is 0 Å². The second-order valence-electron chi connectivity index (χ2n) is 5.37. The summed E-state index contributed by atoms with van der Waals surface area (Å²) in [7, 11) is -5.86. The predicted molar refractivity (Wildman–Crippen MR) is 101 cm³/mol. The summed E-state index contributed by atoms with van der Waals surface area (Å²) in [5.41, 5.74) is 0. The molecule has 0 aliphatic heterocycles. The maximum Gasteiger partial charge on any atom is 0.330 e. The molecule has 152 valence electrons. The van der Waals surface area contributed by atoms with Crippen LogP contribution in [0.2, 0.25) is 0 Å². The highest BCUT2D eigenvalue weighted by Crippen LogP contribution is 2.49. The van der Waals surface area contributed by atoms with E-state index in [-0.39, 0.29) is 0 Å². The van der Waals surface area contributed by atoms with Crippen LogP contribution in [0.3, 0.4) is 0 Å². The summed E-state index contributed by atoms with van der Waals surface area (Å²) in [6.07, 6.45) is 3.93. The minimum absolute atomic E-state index is 0.390. The minimum atomic E-state index is -2.93. The fourth-order valence-corrected chi connectivity index (χ4v) is 5.70. The zero-order chi connectivity index (χ0) is 19.0. The Labute approximate surface area is 153 Å². The number of hydrogen-bond donors (Lipinski definition) is 0. The first-order valence-electron chi connectivity index (χ1n) is 9.29. The normalized spacial score (nSPS) is 12.6. The Kier molecular flexibility index (Phi) is 15.5. The largest absolute Gasteiger partial charge is 0.381 e. The topological polar surface area (TPSA) is 80.3 Å². The van der Waals surface area contributed by atoms with E-state index >= 15 is 0 Å². The van der Waals surface area contributed by atoms with Crippen molar-refractivity contribution in [1.82, 2.24) is 0 Å². The van der Waals surface area contributed by atoms with Gasteiger partial charge in [0, 0.05) is 13.2 Å². The number of unbranched alkanes of at least 4 members (excludes halogenated alkanes) is 2. The average Bonchev–Trinajstić information content (AvgIpc) is 2.54. The fraction of sp³-hybridized carbons (Fsp3) is 1.00. The molecule has 0 N–H and O–H groups in total. The number of ether oxygens (including phenoxy) is 1. The summed E-state index contributed by atoms with van der Waals surface area (Å²) in [6.45, 7) is 10.0. The van der Waals surface area contributed by atoms with Crippen molar-refractivity contribution >= 4 is 15.2 Å². The first-order chi connectivity index (χ1) is 11.9. The van der Waals surface area contributed by atoms with E-state index in [0.717, 1.165) is 25.7 Å². The minimum Gasteiger partial charge on any atom is -0.381 e. The molecule has 0 atom stereocenters. The van der Waals surface area contributed by atoms with Gasteiger partial charge in [0.05, 0.1) is 38.8 Å². The summed E-state index contributed by atoms with van der Waals surface area (Å²) in [5.74, 6) is 0. The molecule has 0 heterocycles. The van der Waals surface area contributed by atoms with E-state index in [1.807, 2.05) is 27.7 Å². The fourth-order valence-electron chi connectivity index (χ4n) is 2.24. The van der Waals surface area contributed by atoms with Gasteiger partial charge in [-0.3, -0.25) is 9.13 Å². The quantitative estimate of drug-likeness (QED) is 0.233. The van der Waals surface area contributed by atoms with Crippen molar-refractivity contribution in [3.05, 3.63) is 0 Å². The van der Waals surface area contributed by atoms with Crippen molar-refractivity contribution in [1.29, 1.82) is 0 Å². The SMILES string of the molecule is CCOP(=O)(CCCCOCCCCP(=O)(OCC)OCC)OCC. The van der Waals surface area contributed by atoms with Crippen molar-refractivity contribution < 1.29 is 32.0 Å². The summed E-state index contributed by atoms with van der Waals surface area (Å²) < 4.78 is 51.0. The molecule has 0 aliphatic rings. The highest BCUT2D eigenvalue weighted by Gasteiger charge is 2.23. The van der Waals surface area contributed by atoms with Gasteiger partial charge in [-0.15, -0.1) is 0 Å². The van der Waals surface area contributed by atoms with Crippen LogP contribution in [0.5, 0.6) is 0 Å². The van der Waals surface area contributed by atoms with E-state index in [4.69, 9.17) is 22.8 Å². The van der Waals surface area contributed by atoms with Gasteiger partial charge in [0.1, 0.15) is 0 Å². The van der Waals surface area contributed by atoms with Crippen molar-refractivity contribution in [2.75, 3.05) is 52.0 Å². The van der Waals surface area contributed by atoms with Gasteiger partial charge in [0.2, 0.25) is 0 Å². The summed E-state index contributed by atoms with van der Waals surface area (Å²) in [4.78, 5) is 0. The van der Waals surface area contributed by atoms with E-state index < -0.39 is 15.2 Å². The molecule has 0 saturated carbocycles. The van der Waals surface area contributed by atoms with Crippen LogP contribution in [-0.4, -0.2) is 52.0 Å². The van der Waals surface area contributed by atoms with Crippen LogP contribution in [0.1, 0.15) is 53.4 Å². The highest BCUT2D eigenvalue weighted by atomic mass is 31.2. The molecule has 0 amide bonds. The molecular formula is C16H36O7P2. The standard InChI is InChI=1S/C16H36O7P2/c1-5-20-24(17,21-6-2)15-11-9-13-19-14-10-12-16-25(18,22-7-3)23-8-4/h5-16H2,1-4H3. The van der Waals surface area contributed by atoms with Crippen LogP contribution in [0.15, 0.2) is 0 Å². The van der Waals surface area contributed by atoms with Gasteiger partial charge in [-0.2, -0.15) is 0 Å². The van der Waals surface area contributed by atoms with Crippen LogP contribution in [0.25, 0.3) is 0 Å². The third-order valence-electron chi connectivity index (χ3n) is 3.24. The second kappa shape index (κ2) is 15.3. The van der Waals surface area contributed by atoms with Crippen molar-refractivity contribution in [2.24, 2.45) is 0 Å². The van der Waals surface area contributed by atoms with Gasteiger partial charge < -0.3 is 22.8 Å². The molecule has 25 heavy (non-hydrogen) atoms. The lowest BCUT2D eigenvalue weighted by atomic mass is 10.3. The maximum atomic E-state index is 12.3. The van der Waals surface area contributed by atoms with Gasteiger partial charge in [-0.05, 0) is 53.4 Å². The molecule has 0 bridgehead atoms. The van der Waals surface area contributed by atoms with Crippen molar-refractivity contribution in [2.45, 2.75) is 53.4 Å². The smallest absolute Gasteiger partial charge is 0.330 e. The molecule has 0 aromatic carbocycles. The van der Waals surface area contributed by atoms with Crippen molar-refractivity contribution in [3.63, 3.8) is 0 Å². The first kappa shape index (κ1) is 25.3. The molecular weight excluding hydrogens is 366 g/mol. The third kappa shape index (κ3) is 13.1. The Balaban J connectivity index is 3.73. The lowest BCUT2D eigenvalue weighted by Gasteiger charge is -2.17. The Morgan fingerprint density at radius 1 is 0.560 bits per heavy atom. The summed E-state index contributed by atoms with van der Waals surface area (Å²) in [5, 5.41) is 0. The van der Waals surface area contributed by atoms with Gasteiger partial charge in [0.15, 0.2) is 0 Å². The molecule has 0 unspecified atom stereocenters. The molecule has 0 radical (unpaired) electrons. The van der Waals surface area contributed by atoms with Crippen LogP contribution in [-0.2, 0) is 32.0 Å². The summed E-state index contributed by atoms with van der Waals surface area (Å²) in [6, 6.07) is 0. The monoisotopic (exact) mass is 402 g/mol. The van der Waals surface area contributed by atoms with E-state index in [1.165, 1.54) is 0 Å². The van der Waals surface area contributed by atoms with Gasteiger partial charge >= 0.3 is 15.2 Å². The van der Waals surface area contributed by atoms with E-state index in [9.17, 15) is 9.13 Å². The van der Waals surface area contributed by atoms with Crippen LogP contribution < -0.4 is 0 Å². The molecule has 7 nitrogen and oxygen atoms in total. The Bertz CT molecular complexity index is 348. The third-order valence-corrected chi connectivity index (χ3v) is 7.58. The van der Waals surface area contributed by atoms with Crippen LogP contribution in [0, 0.1) is 0 Å². The molecule has 0 aromatic heterocycles. The number of rotatable bonds is 18. The van der Waals surface area contributed by atoms with E-state index in [0.29, 0.717) is 52.0 Å². The summed E-state index contributed by atoms with van der Waals surface area (Å²) >= 11 is 0. The molecule has 0 spiro atoms. The Hall–Kier alpha value is 0.260. The lowest BCUT2D eigenvalue weighted by Crippen LogP contribution is -2.04. The molecule has 0 aromatic rings. The average molecular weight is 402 g/mol. The molecule has 0 rings (SSSR count). The first-order valence-corrected chi connectivity index (χ1v) is 12.7. The van der Waals surface area contributed by atoms with Crippen LogP contribution >= 0.6 is 15.2 Å². The molecule has 9 heteroatoms.